The van der Waals surface area contributed by atoms with Crippen LogP contribution in [0.4, 0.5) is 0 Å². The van der Waals surface area contributed by atoms with E-state index in [2.05, 4.69) is 69.7 Å². The fourth-order valence-corrected chi connectivity index (χ4v) is 2.93. The third kappa shape index (κ3) is 3.76. The van der Waals surface area contributed by atoms with Crippen molar-refractivity contribution in [1.29, 1.82) is 0 Å². The van der Waals surface area contributed by atoms with E-state index in [0.29, 0.717) is 6.42 Å². The van der Waals surface area contributed by atoms with Gasteiger partial charge in [-0.3, -0.25) is 9.13 Å². The molecule has 3 rings (SSSR count). The van der Waals surface area contributed by atoms with Crippen LogP contribution < -0.4 is 0 Å². The molecule has 0 aliphatic rings. The van der Waals surface area contributed by atoms with Crippen LogP contribution in [-0.4, -0.2) is 55.2 Å². The first-order valence-electron chi connectivity index (χ1n) is 8.57. The lowest BCUT2D eigenvalue weighted by Gasteiger charge is -2.25. The molecule has 0 atom stereocenters. The van der Waals surface area contributed by atoms with Gasteiger partial charge in [0.15, 0.2) is 6.67 Å². The molecule has 3 aromatic rings. The predicted molar refractivity (Wildman–Crippen MR) is 96.3 cm³/mol. The lowest BCUT2D eigenvalue weighted by Crippen LogP contribution is -2.37. The number of aromatic nitrogens is 6. The summed E-state index contributed by atoms with van der Waals surface area (Å²) in [6, 6.07) is 10.2. The van der Waals surface area contributed by atoms with Gasteiger partial charge in [-0.2, -0.15) is 0 Å². The summed E-state index contributed by atoms with van der Waals surface area (Å²) < 4.78 is 5.10. The van der Waals surface area contributed by atoms with Crippen molar-refractivity contribution in [3.8, 4) is 5.69 Å². The quantitative estimate of drug-likeness (QED) is 0.644. The smallest absolute Gasteiger partial charge is 0.160 e. The lowest BCUT2D eigenvalue weighted by molar-refractivity contribution is -0.893. The van der Waals surface area contributed by atoms with E-state index in [1.807, 2.05) is 25.1 Å². The largest absolute Gasteiger partial charge is 0.313 e. The molecule has 2 aromatic heterocycles. The highest BCUT2D eigenvalue weighted by Crippen LogP contribution is 2.16. The Morgan fingerprint density at radius 1 is 0.880 bits per heavy atom. The molecule has 0 aliphatic carbocycles. The summed E-state index contributed by atoms with van der Waals surface area (Å²) in [5.74, 6) is 3.68. The zero-order chi connectivity index (χ0) is 18.0. The Balaban J connectivity index is 1.98. The molecular weight excluding hydrogens is 314 g/mol. The second kappa shape index (κ2) is 6.76. The van der Waals surface area contributed by atoms with Crippen LogP contribution in [0, 0.1) is 6.92 Å². The summed E-state index contributed by atoms with van der Waals surface area (Å²) in [6.07, 6.45) is 1.46. The van der Waals surface area contributed by atoms with Crippen molar-refractivity contribution in [2.24, 2.45) is 0 Å². The molecule has 0 unspecified atom stereocenters. The summed E-state index contributed by atoms with van der Waals surface area (Å²) in [6.45, 7) is 4.90. The van der Waals surface area contributed by atoms with Crippen LogP contribution in [0.3, 0.4) is 0 Å². The Kier molecular flexibility index (Phi) is 4.67. The highest BCUT2D eigenvalue weighted by Gasteiger charge is 2.20. The van der Waals surface area contributed by atoms with E-state index in [1.54, 1.807) is 0 Å². The molecule has 1 aromatic carbocycles. The van der Waals surface area contributed by atoms with Crippen molar-refractivity contribution in [2.75, 3.05) is 21.1 Å². The average Bonchev–Trinajstić information content (AvgIpc) is 3.11. The Morgan fingerprint density at radius 2 is 1.52 bits per heavy atom. The Hall–Kier alpha value is -2.54. The first kappa shape index (κ1) is 17.3. The molecule has 0 saturated heterocycles. The number of benzene rings is 1. The van der Waals surface area contributed by atoms with Crippen LogP contribution >= 0.6 is 0 Å². The number of rotatable bonds is 6. The minimum atomic E-state index is 0.600. The molecule has 0 spiro atoms. The van der Waals surface area contributed by atoms with Gasteiger partial charge in [0.25, 0.3) is 0 Å². The molecule has 25 heavy (non-hydrogen) atoms. The molecule has 0 amide bonds. The Morgan fingerprint density at radius 3 is 2.16 bits per heavy atom. The van der Waals surface area contributed by atoms with Gasteiger partial charge in [-0.05, 0) is 19.1 Å². The van der Waals surface area contributed by atoms with Crippen LogP contribution in [0.5, 0.6) is 0 Å². The van der Waals surface area contributed by atoms with Gasteiger partial charge in [0.1, 0.15) is 23.3 Å². The first-order valence-corrected chi connectivity index (χ1v) is 8.57. The molecule has 132 valence electrons. The fourth-order valence-electron chi connectivity index (χ4n) is 2.93. The fraction of sp³-hybridized carbons (Fsp3) is 0.444. The number of nitrogens with zero attached hydrogens (tertiary/aromatic N) is 7. The minimum Gasteiger partial charge on any atom is -0.313 e. The average molecular weight is 340 g/mol. The van der Waals surface area contributed by atoms with Gasteiger partial charge in [0, 0.05) is 12.1 Å². The summed E-state index contributed by atoms with van der Waals surface area (Å²) in [7, 11) is 6.50. The van der Waals surface area contributed by atoms with Gasteiger partial charge in [-0.25, -0.2) is 0 Å². The van der Waals surface area contributed by atoms with Gasteiger partial charge in [-0.15, -0.1) is 20.4 Å². The zero-order valence-corrected chi connectivity index (χ0v) is 15.6. The summed E-state index contributed by atoms with van der Waals surface area (Å²) in [5, 5.41) is 17.5. The molecule has 0 saturated carbocycles. The third-order valence-electron chi connectivity index (χ3n) is 4.01. The van der Waals surface area contributed by atoms with Crippen LogP contribution in [0.1, 0.15) is 30.2 Å². The van der Waals surface area contributed by atoms with Gasteiger partial charge in [0.2, 0.25) is 0 Å². The van der Waals surface area contributed by atoms with E-state index >= 15 is 0 Å². The molecule has 0 aliphatic heterocycles. The number of hydrogen-bond donors (Lipinski definition) is 0. The van der Waals surface area contributed by atoms with Crippen molar-refractivity contribution < 1.29 is 4.48 Å². The van der Waals surface area contributed by atoms with E-state index in [0.717, 1.165) is 46.6 Å². The van der Waals surface area contributed by atoms with Crippen LogP contribution in [0.2, 0.25) is 0 Å². The maximum absolute atomic E-state index is 4.43. The SMILES string of the molecule is CCc1nnc(Cc2nnc(C)n2-c2ccccc2)n1C[N+](C)(C)C. The number of quaternary nitrogens is 1. The van der Waals surface area contributed by atoms with Gasteiger partial charge in [-0.1, -0.05) is 25.1 Å². The predicted octanol–water partition coefficient (Wildman–Crippen LogP) is 1.98. The summed E-state index contributed by atoms with van der Waals surface area (Å²) in [5.41, 5.74) is 1.06. The summed E-state index contributed by atoms with van der Waals surface area (Å²) >= 11 is 0. The highest BCUT2D eigenvalue weighted by molar-refractivity contribution is 5.34. The van der Waals surface area contributed by atoms with Crippen LogP contribution in [-0.2, 0) is 19.5 Å². The standard InChI is InChI=1S/C18H26N7/c1-6-16-20-21-17(23(16)13-25(3,4)5)12-18-22-19-14(2)24(18)15-10-8-7-9-11-15/h7-11H,6,12-13H2,1-5H3/q+1. The second-order valence-corrected chi connectivity index (χ2v) is 7.26. The van der Waals surface area contributed by atoms with Crippen LogP contribution in [0.25, 0.3) is 5.69 Å². The van der Waals surface area contributed by atoms with Gasteiger partial charge in [0.05, 0.1) is 27.6 Å². The highest BCUT2D eigenvalue weighted by atomic mass is 15.4. The molecule has 0 N–H and O–H groups in total. The van der Waals surface area contributed by atoms with E-state index in [-0.39, 0.29) is 0 Å². The first-order chi connectivity index (χ1) is 11.9. The van der Waals surface area contributed by atoms with Gasteiger partial charge < -0.3 is 4.48 Å². The molecule has 0 bridgehead atoms. The monoisotopic (exact) mass is 340 g/mol. The third-order valence-corrected chi connectivity index (χ3v) is 4.01. The maximum atomic E-state index is 4.43. The summed E-state index contributed by atoms with van der Waals surface area (Å²) in [4.78, 5) is 0. The Labute approximate surface area is 148 Å². The molecule has 0 radical (unpaired) electrons. The topological polar surface area (TPSA) is 61.4 Å². The number of para-hydroxylation sites is 1. The maximum Gasteiger partial charge on any atom is 0.160 e. The van der Waals surface area contributed by atoms with Crippen molar-refractivity contribution in [3.63, 3.8) is 0 Å². The van der Waals surface area contributed by atoms with Crippen LogP contribution in [0.15, 0.2) is 30.3 Å². The van der Waals surface area contributed by atoms with E-state index < -0.39 is 0 Å². The van der Waals surface area contributed by atoms with E-state index in [1.165, 1.54) is 0 Å². The molecule has 7 heteroatoms. The molecular formula is C18H26N7+. The second-order valence-electron chi connectivity index (χ2n) is 7.26. The van der Waals surface area contributed by atoms with E-state index in [9.17, 15) is 0 Å². The van der Waals surface area contributed by atoms with E-state index in [4.69, 9.17) is 0 Å². The van der Waals surface area contributed by atoms with Crippen molar-refractivity contribution >= 4 is 0 Å². The molecule has 7 nitrogen and oxygen atoms in total. The normalized spacial score (nSPS) is 11.9. The molecule has 2 heterocycles. The molecule has 0 fully saturated rings. The lowest BCUT2D eigenvalue weighted by atomic mass is 10.3. The number of aryl methyl sites for hydroxylation is 2. The minimum absolute atomic E-state index is 0.600. The van der Waals surface area contributed by atoms with Gasteiger partial charge >= 0.3 is 0 Å². The van der Waals surface area contributed by atoms with Crippen molar-refractivity contribution in [3.05, 3.63) is 53.6 Å². The Bertz CT molecular complexity index is 840. The zero-order valence-electron chi connectivity index (χ0n) is 15.6. The van der Waals surface area contributed by atoms with Crippen molar-refractivity contribution in [2.45, 2.75) is 33.4 Å². The van der Waals surface area contributed by atoms with Crippen molar-refractivity contribution in [1.82, 2.24) is 29.5 Å². The number of hydrogen-bond acceptors (Lipinski definition) is 4.